The molecule has 0 aliphatic carbocycles. The van der Waals surface area contributed by atoms with Gasteiger partial charge in [0.2, 0.25) is 5.78 Å². The number of hydrogen-bond donors (Lipinski definition) is 1. The first-order valence-corrected chi connectivity index (χ1v) is 8.38. The van der Waals surface area contributed by atoms with E-state index in [1.807, 2.05) is 36.4 Å². The minimum Gasteiger partial charge on any atom is -0.285 e. The summed E-state index contributed by atoms with van der Waals surface area (Å²) < 4.78 is 0. The number of Topliss-reactive ketones (excluding diaryl/α,β-unsaturated/α-hetero) is 1. The van der Waals surface area contributed by atoms with Crippen LogP contribution in [0.15, 0.2) is 90.3 Å². The van der Waals surface area contributed by atoms with Crippen LogP contribution in [-0.2, 0) is 0 Å². The smallest absolute Gasteiger partial charge is 0.233 e. The van der Waals surface area contributed by atoms with Crippen LogP contribution >= 0.6 is 0 Å². The van der Waals surface area contributed by atoms with E-state index < -0.39 is 0 Å². The van der Waals surface area contributed by atoms with Crippen LogP contribution < -0.4 is 5.43 Å². The van der Waals surface area contributed by atoms with Crippen LogP contribution in [0.1, 0.15) is 16.2 Å². The number of carbonyl (C=O) groups is 1. The molecule has 0 spiro atoms. The standard InChI is InChI=1S/C21H15N5O/c27-21(18-10-4-6-14-23-18)20(17-9-3-5-13-22-17)26-25-19-12-11-15-7-1-2-8-16(15)24-19/h1-14H,(H,24,25)/b26-20+. The maximum Gasteiger partial charge on any atom is 0.233 e. The quantitative estimate of drug-likeness (QED) is 0.336. The van der Waals surface area contributed by atoms with E-state index in [2.05, 4.69) is 25.5 Å². The fourth-order valence-electron chi connectivity index (χ4n) is 2.59. The fraction of sp³-hybridized carbons (Fsp3) is 0. The molecular formula is C21H15N5O. The highest BCUT2D eigenvalue weighted by Crippen LogP contribution is 2.15. The third kappa shape index (κ3) is 3.69. The molecule has 0 saturated carbocycles. The van der Waals surface area contributed by atoms with E-state index in [0.717, 1.165) is 10.9 Å². The van der Waals surface area contributed by atoms with E-state index in [9.17, 15) is 4.79 Å². The van der Waals surface area contributed by atoms with E-state index in [4.69, 9.17) is 0 Å². The van der Waals surface area contributed by atoms with Gasteiger partial charge in [0, 0.05) is 17.8 Å². The van der Waals surface area contributed by atoms with Gasteiger partial charge in [-0.05, 0) is 42.5 Å². The highest BCUT2D eigenvalue weighted by Gasteiger charge is 2.18. The van der Waals surface area contributed by atoms with E-state index in [1.165, 1.54) is 0 Å². The zero-order chi connectivity index (χ0) is 18.5. The van der Waals surface area contributed by atoms with Gasteiger partial charge in [-0.15, -0.1) is 0 Å². The van der Waals surface area contributed by atoms with Gasteiger partial charge >= 0.3 is 0 Å². The molecular weight excluding hydrogens is 338 g/mol. The summed E-state index contributed by atoms with van der Waals surface area (Å²) in [7, 11) is 0. The zero-order valence-electron chi connectivity index (χ0n) is 14.3. The second-order valence-electron chi connectivity index (χ2n) is 5.72. The fourth-order valence-corrected chi connectivity index (χ4v) is 2.59. The van der Waals surface area contributed by atoms with Crippen LogP contribution in [-0.4, -0.2) is 26.4 Å². The summed E-state index contributed by atoms with van der Waals surface area (Å²) in [5.74, 6) is 0.221. The van der Waals surface area contributed by atoms with Crippen molar-refractivity contribution in [2.24, 2.45) is 5.10 Å². The van der Waals surface area contributed by atoms with Gasteiger partial charge in [0.25, 0.3) is 0 Å². The molecule has 27 heavy (non-hydrogen) atoms. The van der Waals surface area contributed by atoms with Crippen molar-refractivity contribution in [1.82, 2.24) is 15.0 Å². The number of hydrazone groups is 1. The lowest BCUT2D eigenvalue weighted by Gasteiger charge is -2.07. The van der Waals surface area contributed by atoms with Crippen LogP contribution in [0, 0.1) is 0 Å². The average molecular weight is 353 g/mol. The van der Waals surface area contributed by atoms with Crippen molar-refractivity contribution in [3.63, 3.8) is 0 Å². The van der Waals surface area contributed by atoms with Gasteiger partial charge in [0.1, 0.15) is 11.5 Å². The minimum atomic E-state index is -0.317. The number of nitrogens with zero attached hydrogens (tertiary/aromatic N) is 4. The Bertz CT molecular complexity index is 1110. The summed E-state index contributed by atoms with van der Waals surface area (Å²) in [6.07, 6.45) is 3.19. The molecule has 0 fully saturated rings. The summed E-state index contributed by atoms with van der Waals surface area (Å²) in [6, 6.07) is 22.0. The number of rotatable bonds is 5. The van der Waals surface area contributed by atoms with Gasteiger partial charge in [-0.25, -0.2) is 4.98 Å². The molecule has 0 radical (unpaired) electrons. The van der Waals surface area contributed by atoms with Gasteiger partial charge in [0.05, 0.1) is 11.2 Å². The molecule has 6 heteroatoms. The van der Waals surface area contributed by atoms with Crippen molar-refractivity contribution >= 4 is 28.2 Å². The topological polar surface area (TPSA) is 80.1 Å². The Morgan fingerprint density at radius 2 is 1.48 bits per heavy atom. The molecule has 4 rings (SSSR count). The van der Waals surface area contributed by atoms with Crippen molar-refractivity contribution < 1.29 is 4.79 Å². The Morgan fingerprint density at radius 1 is 0.778 bits per heavy atom. The van der Waals surface area contributed by atoms with Gasteiger partial charge in [0.15, 0.2) is 5.71 Å². The van der Waals surface area contributed by atoms with Gasteiger partial charge in [-0.3, -0.25) is 20.2 Å². The normalized spacial score (nSPS) is 11.3. The molecule has 0 atom stereocenters. The van der Waals surface area contributed by atoms with E-state index in [-0.39, 0.29) is 11.5 Å². The molecule has 130 valence electrons. The summed E-state index contributed by atoms with van der Waals surface area (Å²) in [5, 5.41) is 5.33. The third-order valence-corrected chi connectivity index (χ3v) is 3.90. The number of nitrogens with one attached hydrogen (secondary N) is 1. The lowest BCUT2D eigenvalue weighted by Crippen LogP contribution is -2.20. The van der Waals surface area contributed by atoms with Gasteiger partial charge in [-0.1, -0.05) is 30.3 Å². The Balaban J connectivity index is 1.70. The number of carbonyl (C=O) groups excluding carboxylic acids is 1. The Hall–Kier alpha value is -3.93. The van der Waals surface area contributed by atoms with Crippen molar-refractivity contribution in [3.05, 3.63) is 96.6 Å². The molecule has 0 bridgehead atoms. The predicted octanol–water partition coefficient (Wildman–Crippen LogP) is 3.72. The number of hydrogen-bond acceptors (Lipinski definition) is 6. The second kappa shape index (κ2) is 7.53. The predicted molar refractivity (Wildman–Crippen MR) is 105 cm³/mol. The largest absolute Gasteiger partial charge is 0.285 e. The van der Waals surface area contributed by atoms with Crippen LogP contribution in [0.25, 0.3) is 10.9 Å². The second-order valence-corrected chi connectivity index (χ2v) is 5.72. The summed E-state index contributed by atoms with van der Waals surface area (Å²) in [5.41, 5.74) is 4.65. The lowest BCUT2D eigenvalue weighted by atomic mass is 10.1. The first kappa shape index (κ1) is 16.5. The monoisotopic (exact) mass is 353 g/mol. The molecule has 3 aromatic heterocycles. The van der Waals surface area contributed by atoms with Crippen molar-refractivity contribution in [1.29, 1.82) is 0 Å². The average Bonchev–Trinajstić information content (AvgIpc) is 2.75. The molecule has 1 N–H and O–H groups in total. The number of benzene rings is 1. The molecule has 0 amide bonds. The molecule has 6 nitrogen and oxygen atoms in total. The third-order valence-electron chi connectivity index (χ3n) is 3.90. The number of ketones is 1. The highest BCUT2D eigenvalue weighted by molar-refractivity contribution is 6.50. The molecule has 0 aliphatic rings. The number of para-hydroxylation sites is 1. The maximum atomic E-state index is 12.9. The number of anilines is 1. The Labute approximate surface area is 155 Å². The van der Waals surface area contributed by atoms with Crippen molar-refractivity contribution in [2.45, 2.75) is 0 Å². The summed E-state index contributed by atoms with van der Waals surface area (Å²) in [4.78, 5) is 25.8. The molecule has 1 aromatic carbocycles. The molecule has 0 aliphatic heterocycles. The van der Waals surface area contributed by atoms with Crippen LogP contribution in [0.5, 0.6) is 0 Å². The van der Waals surface area contributed by atoms with E-state index in [1.54, 1.807) is 48.8 Å². The number of fused-ring (bicyclic) bond motifs is 1. The lowest BCUT2D eigenvalue weighted by molar-refractivity contribution is 0.106. The Morgan fingerprint density at radius 3 is 2.22 bits per heavy atom. The van der Waals surface area contributed by atoms with Crippen molar-refractivity contribution in [3.8, 4) is 0 Å². The van der Waals surface area contributed by atoms with Crippen LogP contribution in [0.4, 0.5) is 5.82 Å². The van der Waals surface area contributed by atoms with E-state index in [0.29, 0.717) is 17.2 Å². The number of aromatic nitrogens is 3. The van der Waals surface area contributed by atoms with Gasteiger partial charge in [-0.2, -0.15) is 5.10 Å². The van der Waals surface area contributed by atoms with Crippen LogP contribution in [0.3, 0.4) is 0 Å². The summed E-state index contributed by atoms with van der Waals surface area (Å²) in [6.45, 7) is 0. The first-order valence-electron chi connectivity index (χ1n) is 8.38. The molecule has 0 saturated heterocycles. The molecule has 0 unspecified atom stereocenters. The molecule has 4 aromatic rings. The molecule has 3 heterocycles. The highest BCUT2D eigenvalue weighted by atomic mass is 16.1. The zero-order valence-corrected chi connectivity index (χ0v) is 14.3. The first-order chi connectivity index (χ1) is 13.3. The maximum absolute atomic E-state index is 12.9. The van der Waals surface area contributed by atoms with Crippen LogP contribution in [0.2, 0.25) is 0 Å². The SMILES string of the molecule is O=C(/C(=N/Nc1ccc2ccccc2n1)c1ccccn1)c1ccccn1. The van der Waals surface area contributed by atoms with Gasteiger partial charge < -0.3 is 0 Å². The minimum absolute atomic E-state index is 0.171. The van der Waals surface area contributed by atoms with E-state index >= 15 is 0 Å². The number of pyridine rings is 3. The Kier molecular flexibility index (Phi) is 4.61. The summed E-state index contributed by atoms with van der Waals surface area (Å²) >= 11 is 0. The van der Waals surface area contributed by atoms with Crippen molar-refractivity contribution in [2.75, 3.05) is 5.43 Å².